The molecule has 0 saturated carbocycles. The number of carboxylic acid groups (broad SMARTS) is 1. The minimum Gasteiger partial charge on any atom is -0.478 e. The first-order valence-electron chi connectivity index (χ1n) is 6.15. The summed E-state index contributed by atoms with van der Waals surface area (Å²) in [5, 5.41) is 14.2. The van der Waals surface area contributed by atoms with Crippen LogP contribution in [0.4, 0.5) is 0 Å². The van der Waals surface area contributed by atoms with Crippen LogP contribution < -0.4 is 5.32 Å². The first-order chi connectivity index (χ1) is 9.20. The SMILES string of the molecule is CCc1ccsc1CNCc1ccc(C(=O)O)cn1. The molecule has 0 amide bonds. The molecule has 0 radical (unpaired) electrons. The van der Waals surface area contributed by atoms with Crippen molar-refractivity contribution in [2.45, 2.75) is 26.4 Å². The molecular weight excluding hydrogens is 260 g/mol. The van der Waals surface area contributed by atoms with Crippen LogP contribution in [0.2, 0.25) is 0 Å². The number of hydrogen-bond acceptors (Lipinski definition) is 4. The predicted octanol–water partition coefficient (Wildman–Crippen LogP) is 2.69. The number of nitrogens with zero attached hydrogens (tertiary/aromatic N) is 1. The summed E-state index contributed by atoms with van der Waals surface area (Å²) in [6, 6.07) is 5.47. The second-order valence-electron chi connectivity index (χ2n) is 4.17. The van der Waals surface area contributed by atoms with E-state index in [2.05, 4.69) is 28.7 Å². The van der Waals surface area contributed by atoms with Crippen LogP contribution in [0.25, 0.3) is 0 Å². The predicted molar refractivity (Wildman–Crippen MR) is 75.4 cm³/mol. The van der Waals surface area contributed by atoms with Gasteiger partial charge in [0.2, 0.25) is 0 Å². The van der Waals surface area contributed by atoms with E-state index in [1.54, 1.807) is 23.5 Å². The third-order valence-corrected chi connectivity index (χ3v) is 3.85. The van der Waals surface area contributed by atoms with Gasteiger partial charge in [-0.15, -0.1) is 11.3 Å². The molecule has 0 atom stereocenters. The van der Waals surface area contributed by atoms with Gasteiger partial charge in [-0.3, -0.25) is 4.98 Å². The van der Waals surface area contributed by atoms with Crippen molar-refractivity contribution >= 4 is 17.3 Å². The van der Waals surface area contributed by atoms with Gasteiger partial charge in [-0.05, 0) is 35.6 Å². The summed E-state index contributed by atoms with van der Waals surface area (Å²) in [6.45, 7) is 3.61. The highest BCUT2D eigenvalue weighted by atomic mass is 32.1. The lowest BCUT2D eigenvalue weighted by molar-refractivity contribution is 0.0696. The molecule has 2 N–H and O–H groups in total. The fraction of sp³-hybridized carbons (Fsp3) is 0.286. The van der Waals surface area contributed by atoms with Crippen molar-refractivity contribution in [1.82, 2.24) is 10.3 Å². The molecule has 0 fully saturated rings. The number of thiophene rings is 1. The molecule has 4 nitrogen and oxygen atoms in total. The number of aromatic nitrogens is 1. The van der Waals surface area contributed by atoms with E-state index >= 15 is 0 Å². The maximum absolute atomic E-state index is 10.7. The van der Waals surface area contributed by atoms with Crippen molar-refractivity contribution in [3.05, 3.63) is 51.5 Å². The molecule has 0 aliphatic rings. The van der Waals surface area contributed by atoms with Gasteiger partial charge in [0.1, 0.15) is 0 Å². The average Bonchev–Trinajstić information content (AvgIpc) is 2.87. The third kappa shape index (κ3) is 3.62. The standard InChI is InChI=1S/C14H16N2O2S/c1-2-10-5-6-19-13(10)9-15-8-12-4-3-11(7-16-12)14(17)18/h3-7,15H,2,8-9H2,1H3,(H,17,18). The molecule has 0 aliphatic heterocycles. The van der Waals surface area contributed by atoms with Crippen LogP contribution in [0.5, 0.6) is 0 Å². The van der Waals surface area contributed by atoms with Crippen molar-refractivity contribution in [2.24, 2.45) is 0 Å². The minimum absolute atomic E-state index is 0.218. The van der Waals surface area contributed by atoms with Crippen LogP contribution in [0.3, 0.4) is 0 Å². The van der Waals surface area contributed by atoms with E-state index in [1.165, 1.54) is 16.6 Å². The van der Waals surface area contributed by atoms with Gasteiger partial charge in [0, 0.05) is 24.2 Å². The van der Waals surface area contributed by atoms with Gasteiger partial charge in [-0.1, -0.05) is 6.92 Å². The van der Waals surface area contributed by atoms with E-state index in [0.717, 1.165) is 18.7 Å². The molecule has 0 spiro atoms. The summed E-state index contributed by atoms with van der Waals surface area (Å²) in [5.41, 5.74) is 2.45. The van der Waals surface area contributed by atoms with Crippen molar-refractivity contribution in [1.29, 1.82) is 0 Å². The highest BCUT2D eigenvalue weighted by Crippen LogP contribution is 2.17. The van der Waals surface area contributed by atoms with Gasteiger partial charge in [-0.25, -0.2) is 4.79 Å². The van der Waals surface area contributed by atoms with Crippen LogP contribution in [0.1, 0.15) is 33.4 Å². The van der Waals surface area contributed by atoms with Crippen molar-refractivity contribution in [2.75, 3.05) is 0 Å². The fourth-order valence-corrected chi connectivity index (χ4v) is 2.74. The Morgan fingerprint density at radius 1 is 1.37 bits per heavy atom. The second-order valence-corrected chi connectivity index (χ2v) is 5.17. The zero-order valence-corrected chi connectivity index (χ0v) is 11.5. The number of aromatic carboxylic acids is 1. The van der Waals surface area contributed by atoms with Crippen LogP contribution in [0.15, 0.2) is 29.8 Å². The third-order valence-electron chi connectivity index (χ3n) is 2.88. The molecule has 5 heteroatoms. The van der Waals surface area contributed by atoms with Crippen molar-refractivity contribution < 1.29 is 9.90 Å². The van der Waals surface area contributed by atoms with Crippen molar-refractivity contribution in [3.63, 3.8) is 0 Å². The maximum atomic E-state index is 10.7. The quantitative estimate of drug-likeness (QED) is 0.851. The largest absolute Gasteiger partial charge is 0.478 e. The molecule has 100 valence electrons. The number of carbonyl (C=O) groups is 1. The molecule has 2 aromatic rings. The number of nitrogens with one attached hydrogen (secondary N) is 1. The summed E-state index contributed by atoms with van der Waals surface area (Å²) in [7, 11) is 0. The monoisotopic (exact) mass is 276 g/mol. The highest BCUT2D eigenvalue weighted by Gasteiger charge is 2.04. The van der Waals surface area contributed by atoms with E-state index in [0.29, 0.717) is 6.54 Å². The molecule has 2 heterocycles. The molecule has 2 rings (SSSR count). The molecule has 0 aromatic carbocycles. The first kappa shape index (κ1) is 13.7. The Balaban J connectivity index is 1.87. The number of carboxylic acids is 1. The number of hydrogen-bond donors (Lipinski definition) is 2. The summed E-state index contributed by atoms with van der Waals surface area (Å²) in [4.78, 5) is 16.2. The number of rotatable bonds is 6. The van der Waals surface area contributed by atoms with Gasteiger partial charge in [0.25, 0.3) is 0 Å². The Kier molecular flexibility index (Phi) is 4.65. The van der Waals surface area contributed by atoms with Crippen molar-refractivity contribution in [3.8, 4) is 0 Å². The maximum Gasteiger partial charge on any atom is 0.337 e. The molecular formula is C14H16N2O2S. The zero-order valence-electron chi connectivity index (χ0n) is 10.7. The molecule has 0 saturated heterocycles. The lowest BCUT2D eigenvalue weighted by Gasteiger charge is -2.05. The molecule has 0 unspecified atom stereocenters. The number of aryl methyl sites for hydroxylation is 1. The lowest BCUT2D eigenvalue weighted by Crippen LogP contribution is -2.14. The van der Waals surface area contributed by atoms with Gasteiger partial charge in [0.05, 0.1) is 11.3 Å². The average molecular weight is 276 g/mol. The Morgan fingerprint density at radius 2 is 2.21 bits per heavy atom. The topological polar surface area (TPSA) is 62.2 Å². The highest BCUT2D eigenvalue weighted by molar-refractivity contribution is 7.10. The Morgan fingerprint density at radius 3 is 2.84 bits per heavy atom. The van der Waals surface area contributed by atoms with E-state index < -0.39 is 5.97 Å². The van der Waals surface area contributed by atoms with E-state index in [4.69, 9.17) is 5.11 Å². The second kappa shape index (κ2) is 6.45. The Labute approximate surface area is 116 Å². The van der Waals surface area contributed by atoms with Crippen LogP contribution >= 0.6 is 11.3 Å². The van der Waals surface area contributed by atoms with Gasteiger partial charge in [0.15, 0.2) is 0 Å². The fourth-order valence-electron chi connectivity index (χ4n) is 1.80. The summed E-state index contributed by atoms with van der Waals surface area (Å²) in [5.74, 6) is -0.946. The van der Waals surface area contributed by atoms with E-state index in [9.17, 15) is 4.79 Å². The molecule has 19 heavy (non-hydrogen) atoms. The summed E-state index contributed by atoms with van der Waals surface area (Å²) < 4.78 is 0. The normalized spacial score (nSPS) is 10.6. The summed E-state index contributed by atoms with van der Waals surface area (Å²) >= 11 is 1.76. The molecule has 0 bridgehead atoms. The Bertz CT molecular complexity index is 549. The zero-order chi connectivity index (χ0) is 13.7. The van der Waals surface area contributed by atoms with Gasteiger partial charge in [-0.2, -0.15) is 0 Å². The first-order valence-corrected chi connectivity index (χ1v) is 7.03. The van der Waals surface area contributed by atoms with Crippen LogP contribution in [-0.4, -0.2) is 16.1 Å². The molecule has 2 aromatic heterocycles. The smallest absolute Gasteiger partial charge is 0.337 e. The van der Waals surface area contributed by atoms with Crippen LogP contribution in [-0.2, 0) is 19.5 Å². The lowest BCUT2D eigenvalue weighted by atomic mass is 10.2. The minimum atomic E-state index is -0.946. The Hall–Kier alpha value is -1.72. The summed E-state index contributed by atoms with van der Waals surface area (Å²) in [6.07, 6.45) is 2.44. The van der Waals surface area contributed by atoms with Crippen LogP contribution in [0, 0.1) is 0 Å². The van der Waals surface area contributed by atoms with Gasteiger partial charge >= 0.3 is 5.97 Å². The van der Waals surface area contributed by atoms with E-state index in [-0.39, 0.29) is 5.56 Å². The number of pyridine rings is 1. The molecule has 0 aliphatic carbocycles. The van der Waals surface area contributed by atoms with E-state index in [1.807, 2.05) is 0 Å². The van der Waals surface area contributed by atoms with Gasteiger partial charge < -0.3 is 10.4 Å².